The molecule has 1 aliphatic heterocycles. The van der Waals surface area contributed by atoms with E-state index in [4.69, 9.17) is 4.53 Å². The maximum absolute atomic E-state index is 13.3. The molecule has 0 fully saturated rings. The number of benzene rings is 2. The summed E-state index contributed by atoms with van der Waals surface area (Å²) in [6, 6.07) is 9.29. The predicted molar refractivity (Wildman–Crippen MR) is 111 cm³/mol. The third-order valence-electron chi connectivity index (χ3n) is 4.75. The molecule has 0 bridgehead atoms. The number of halogens is 3. The van der Waals surface area contributed by atoms with E-state index in [9.17, 15) is 26.4 Å². The van der Waals surface area contributed by atoms with Crippen LogP contribution in [0.2, 0.25) is 19.6 Å². The van der Waals surface area contributed by atoms with Crippen LogP contribution < -0.4 is 5.48 Å². The van der Waals surface area contributed by atoms with Gasteiger partial charge in [0.05, 0.1) is 10.5 Å². The van der Waals surface area contributed by atoms with E-state index < -0.39 is 42.0 Å². The first kappa shape index (κ1) is 23.5. The number of amides is 1. The fourth-order valence-electron chi connectivity index (χ4n) is 3.20. The number of fused-ring (bicyclic) bond motifs is 1. The summed E-state index contributed by atoms with van der Waals surface area (Å²) in [7, 11) is -6.37. The molecule has 3 rings (SSSR count). The standard InChI is InChI=1S/C20H23F3N2O4SSi/c1-31(2,3)29-24-19(26)18-12-14-6-4-5-7-15(14)13-25(18)30(27,28)17-10-8-16(9-11-17)20(21,22)23/h4-11,18H,12-13H2,1-3H3,(H,24,26)/t18-/m1/s1. The summed E-state index contributed by atoms with van der Waals surface area (Å²) < 4.78 is 71.7. The van der Waals surface area contributed by atoms with Crippen LogP contribution in [0.5, 0.6) is 0 Å². The van der Waals surface area contributed by atoms with Crippen LogP contribution in [0.1, 0.15) is 16.7 Å². The summed E-state index contributed by atoms with van der Waals surface area (Å²) in [5, 5.41) is 0. The van der Waals surface area contributed by atoms with Crippen molar-refractivity contribution in [2.24, 2.45) is 0 Å². The lowest BCUT2D eigenvalue weighted by Gasteiger charge is -2.35. The van der Waals surface area contributed by atoms with Gasteiger partial charge in [-0.2, -0.15) is 17.5 Å². The summed E-state index contributed by atoms with van der Waals surface area (Å²) >= 11 is 0. The smallest absolute Gasteiger partial charge is 0.320 e. The third-order valence-corrected chi connectivity index (χ3v) is 7.34. The number of rotatable bonds is 5. The van der Waals surface area contributed by atoms with E-state index in [0.29, 0.717) is 12.1 Å². The summed E-state index contributed by atoms with van der Waals surface area (Å²) in [5.74, 6) is -0.618. The number of hydroxylamine groups is 1. The summed E-state index contributed by atoms with van der Waals surface area (Å²) in [6.07, 6.45) is -4.46. The topological polar surface area (TPSA) is 75.7 Å². The van der Waals surface area contributed by atoms with Gasteiger partial charge in [-0.05, 0) is 61.5 Å². The Kier molecular flexibility index (Phi) is 6.34. The highest BCUT2D eigenvalue weighted by atomic mass is 32.2. The molecule has 1 N–H and O–H groups in total. The molecular formula is C20H23F3N2O4SSi. The molecule has 2 aromatic rings. The molecule has 2 aromatic carbocycles. The van der Waals surface area contributed by atoms with E-state index in [1.54, 1.807) is 18.2 Å². The average molecular weight is 473 g/mol. The maximum atomic E-state index is 13.3. The summed E-state index contributed by atoms with van der Waals surface area (Å²) in [6.45, 7) is 5.51. The second kappa shape index (κ2) is 8.38. The van der Waals surface area contributed by atoms with Gasteiger partial charge < -0.3 is 4.53 Å². The fourth-order valence-corrected chi connectivity index (χ4v) is 5.17. The Morgan fingerprint density at radius 1 is 1.06 bits per heavy atom. The minimum absolute atomic E-state index is 0.0788. The van der Waals surface area contributed by atoms with Crippen molar-refractivity contribution < 1.29 is 30.9 Å². The second-order valence-electron chi connectivity index (χ2n) is 8.24. The predicted octanol–water partition coefficient (Wildman–Crippen LogP) is 3.70. The number of hydrogen-bond donors (Lipinski definition) is 1. The van der Waals surface area contributed by atoms with Crippen molar-refractivity contribution >= 4 is 24.2 Å². The van der Waals surface area contributed by atoms with Crippen LogP contribution in [0, 0.1) is 0 Å². The van der Waals surface area contributed by atoms with Crippen LogP contribution in [0.25, 0.3) is 0 Å². The van der Waals surface area contributed by atoms with E-state index in [1.807, 2.05) is 25.7 Å². The van der Waals surface area contributed by atoms with Crippen molar-refractivity contribution in [2.45, 2.75) is 49.7 Å². The van der Waals surface area contributed by atoms with Crippen molar-refractivity contribution in [2.75, 3.05) is 0 Å². The van der Waals surface area contributed by atoms with Crippen LogP contribution in [-0.2, 0) is 38.5 Å². The Labute approximate surface area is 180 Å². The fraction of sp³-hybridized carbons (Fsp3) is 0.350. The highest BCUT2D eigenvalue weighted by molar-refractivity contribution is 7.89. The highest BCUT2D eigenvalue weighted by Crippen LogP contribution is 2.32. The van der Waals surface area contributed by atoms with Gasteiger partial charge in [-0.3, -0.25) is 4.79 Å². The van der Waals surface area contributed by atoms with Crippen LogP contribution in [0.4, 0.5) is 13.2 Å². The molecule has 0 spiro atoms. The van der Waals surface area contributed by atoms with E-state index in [-0.39, 0.29) is 17.9 Å². The molecule has 168 valence electrons. The molecular weight excluding hydrogens is 449 g/mol. The van der Waals surface area contributed by atoms with Gasteiger partial charge in [0, 0.05) is 6.54 Å². The average Bonchev–Trinajstić information content (AvgIpc) is 2.70. The van der Waals surface area contributed by atoms with Crippen molar-refractivity contribution in [3.8, 4) is 0 Å². The largest absolute Gasteiger partial charge is 0.416 e. The van der Waals surface area contributed by atoms with Gasteiger partial charge in [0.2, 0.25) is 18.3 Å². The van der Waals surface area contributed by atoms with E-state index >= 15 is 0 Å². The molecule has 1 atom stereocenters. The quantitative estimate of drug-likeness (QED) is 0.532. The third kappa shape index (κ3) is 5.35. The van der Waals surface area contributed by atoms with Crippen LogP contribution in [0.15, 0.2) is 53.4 Å². The molecule has 1 heterocycles. The van der Waals surface area contributed by atoms with Crippen LogP contribution >= 0.6 is 0 Å². The zero-order valence-corrected chi connectivity index (χ0v) is 19.0. The SMILES string of the molecule is C[Si](C)(C)ONC(=O)[C@H]1Cc2ccccc2CN1S(=O)(=O)c1ccc(C(F)(F)F)cc1. The van der Waals surface area contributed by atoms with Crippen molar-refractivity contribution in [1.82, 2.24) is 9.79 Å². The molecule has 0 saturated carbocycles. The van der Waals surface area contributed by atoms with Gasteiger partial charge in [-0.25, -0.2) is 13.9 Å². The highest BCUT2D eigenvalue weighted by Gasteiger charge is 2.40. The Balaban J connectivity index is 1.97. The molecule has 1 aliphatic rings. The number of alkyl halides is 3. The van der Waals surface area contributed by atoms with Gasteiger partial charge in [-0.15, -0.1) is 0 Å². The summed E-state index contributed by atoms with van der Waals surface area (Å²) in [5.41, 5.74) is 2.98. The minimum atomic E-state index is -4.58. The Bertz CT molecular complexity index is 1070. The van der Waals surface area contributed by atoms with Gasteiger partial charge >= 0.3 is 6.18 Å². The van der Waals surface area contributed by atoms with E-state index in [1.165, 1.54) is 0 Å². The first-order valence-corrected chi connectivity index (χ1v) is 14.4. The maximum Gasteiger partial charge on any atom is 0.416 e. The molecule has 0 aliphatic carbocycles. The lowest BCUT2D eigenvalue weighted by atomic mass is 9.95. The number of carbonyl (C=O) groups is 1. The van der Waals surface area contributed by atoms with Crippen LogP contribution in [0.3, 0.4) is 0 Å². The number of nitrogens with zero attached hydrogens (tertiary/aromatic N) is 1. The Morgan fingerprint density at radius 3 is 2.19 bits per heavy atom. The number of sulfonamides is 1. The molecule has 0 aromatic heterocycles. The van der Waals surface area contributed by atoms with Gasteiger partial charge in [-0.1, -0.05) is 24.3 Å². The molecule has 0 radical (unpaired) electrons. The molecule has 0 unspecified atom stereocenters. The number of carbonyl (C=O) groups excluding carboxylic acids is 1. The zero-order valence-electron chi connectivity index (χ0n) is 17.2. The van der Waals surface area contributed by atoms with Crippen molar-refractivity contribution in [1.29, 1.82) is 0 Å². The lowest BCUT2D eigenvalue weighted by Crippen LogP contribution is -2.53. The Morgan fingerprint density at radius 2 is 1.65 bits per heavy atom. The molecule has 0 saturated heterocycles. The molecule has 31 heavy (non-hydrogen) atoms. The van der Waals surface area contributed by atoms with Crippen molar-refractivity contribution in [3.63, 3.8) is 0 Å². The van der Waals surface area contributed by atoms with E-state index in [2.05, 4.69) is 5.48 Å². The van der Waals surface area contributed by atoms with Crippen molar-refractivity contribution in [3.05, 3.63) is 65.2 Å². The molecule has 6 nitrogen and oxygen atoms in total. The number of nitrogens with one attached hydrogen (secondary N) is 1. The number of hydrogen-bond acceptors (Lipinski definition) is 4. The Hall–Kier alpha value is -2.21. The monoisotopic (exact) mass is 472 g/mol. The van der Waals surface area contributed by atoms with Gasteiger partial charge in [0.15, 0.2) is 0 Å². The normalized spacial score (nSPS) is 17.8. The van der Waals surface area contributed by atoms with E-state index in [0.717, 1.165) is 27.6 Å². The van der Waals surface area contributed by atoms with Crippen LogP contribution in [-0.4, -0.2) is 33.0 Å². The zero-order chi connectivity index (χ0) is 23.0. The lowest BCUT2D eigenvalue weighted by molar-refractivity contribution is -0.137. The first-order chi connectivity index (χ1) is 14.3. The summed E-state index contributed by atoms with van der Waals surface area (Å²) in [4.78, 5) is 12.5. The van der Waals surface area contributed by atoms with Gasteiger partial charge in [0.25, 0.3) is 5.91 Å². The first-order valence-electron chi connectivity index (χ1n) is 9.53. The molecule has 1 amide bonds. The minimum Gasteiger partial charge on any atom is -0.320 e. The molecule has 11 heteroatoms. The van der Waals surface area contributed by atoms with Gasteiger partial charge in [0.1, 0.15) is 6.04 Å². The second-order valence-corrected chi connectivity index (χ2v) is 14.6.